The molecule has 0 saturated carbocycles. The topological polar surface area (TPSA) is 46.3 Å². The first-order chi connectivity index (χ1) is 9.68. The first-order valence-corrected chi connectivity index (χ1v) is 5.56. The third-order valence-corrected chi connectivity index (χ3v) is 2.52. The fraction of sp³-hybridized carbons (Fsp3) is 0.154. The lowest BCUT2D eigenvalue weighted by atomic mass is 10.1. The van der Waals surface area contributed by atoms with Crippen molar-refractivity contribution in [3.63, 3.8) is 0 Å². The van der Waals surface area contributed by atoms with Crippen molar-refractivity contribution in [1.82, 2.24) is 4.98 Å². The Kier molecular flexibility index (Phi) is 3.71. The number of rotatable bonds is 3. The SMILES string of the molecule is C=C(O)Cc1coc(-c2cc(F)c(F)c(C(F)(F)F)c2)n1. The highest BCUT2D eigenvalue weighted by Gasteiger charge is 2.36. The summed E-state index contributed by atoms with van der Waals surface area (Å²) in [6.45, 7) is 3.22. The minimum Gasteiger partial charge on any atom is -0.513 e. The number of aliphatic hydroxyl groups excluding tert-OH is 1. The van der Waals surface area contributed by atoms with E-state index in [0.717, 1.165) is 6.26 Å². The predicted octanol–water partition coefficient (Wildman–Crippen LogP) is 4.25. The first-order valence-electron chi connectivity index (χ1n) is 5.56. The van der Waals surface area contributed by atoms with E-state index < -0.39 is 23.4 Å². The molecule has 112 valence electrons. The third kappa shape index (κ3) is 3.21. The molecule has 21 heavy (non-hydrogen) atoms. The van der Waals surface area contributed by atoms with E-state index in [1.807, 2.05) is 0 Å². The van der Waals surface area contributed by atoms with Crippen LogP contribution in [0.4, 0.5) is 22.0 Å². The van der Waals surface area contributed by atoms with Crippen molar-refractivity contribution in [1.29, 1.82) is 0 Å². The largest absolute Gasteiger partial charge is 0.513 e. The van der Waals surface area contributed by atoms with Crippen molar-refractivity contribution >= 4 is 0 Å². The molecular weight excluding hydrogens is 297 g/mol. The van der Waals surface area contributed by atoms with Crippen molar-refractivity contribution in [2.45, 2.75) is 12.6 Å². The summed E-state index contributed by atoms with van der Waals surface area (Å²) in [7, 11) is 0. The number of hydrogen-bond acceptors (Lipinski definition) is 3. The Morgan fingerprint density at radius 2 is 1.95 bits per heavy atom. The molecule has 1 heterocycles. The number of halogens is 5. The molecule has 1 aromatic carbocycles. The van der Waals surface area contributed by atoms with Crippen LogP contribution in [0.5, 0.6) is 0 Å². The molecule has 3 nitrogen and oxygen atoms in total. The van der Waals surface area contributed by atoms with Crippen LogP contribution in [-0.4, -0.2) is 10.1 Å². The average molecular weight is 305 g/mol. The number of aromatic nitrogens is 1. The Hall–Kier alpha value is -2.38. The molecule has 0 bridgehead atoms. The molecule has 0 aliphatic rings. The van der Waals surface area contributed by atoms with Crippen molar-refractivity contribution in [3.8, 4) is 11.5 Å². The van der Waals surface area contributed by atoms with Gasteiger partial charge in [-0.05, 0) is 12.1 Å². The lowest BCUT2D eigenvalue weighted by molar-refractivity contribution is -0.140. The molecule has 0 unspecified atom stereocenters. The summed E-state index contributed by atoms with van der Waals surface area (Å²) in [6.07, 6.45) is -4.04. The molecule has 0 amide bonds. The van der Waals surface area contributed by atoms with Crippen LogP contribution in [-0.2, 0) is 12.6 Å². The van der Waals surface area contributed by atoms with E-state index in [9.17, 15) is 22.0 Å². The molecule has 0 fully saturated rings. The molecule has 0 radical (unpaired) electrons. The van der Waals surface area contributed by atoms with E-state index in [0.29, 0.717) is 12.1 Å². The number of hydrogen-bond donors (Lipinski definition) is 1. The van der Waals surface area contributed by atoms with E-state index in [4.69, 9.17) is 9.52 Å². The summed E-state index contributed by atoms with van der Waals surface area (Å²) in [5.41, 5.74) is -1.92. The summed E-state index contributed by atoms with van der Waals surface area (Å²) < 4.78 is 69.1. The van der Waals surface area contributed by atoms with Crippen LogP contribution < -0.4 is 0 Å². The lowest BCUT2D eigenvalue weighted by Gasteiger charge is -2.09. The number of nitrogens with zero attached hydrogens (tertiary/aromatic N) is 1. The standard InChI is InChI=1S/C13H8F5NO2/c1-6(20)2-8-5-21-12(19-8)7-3-9(13(16,17)18)11(15)10(14)4-7/h3-5,20H,1-2H2. The van der Waals surface area contributed by atoms with Crippen LogP contribution in [0, 0.1) is 11.6 Å². The Morgan fingerprint density at radius 3 is 2.52 bits per heavy atom. The van der Waals surface area contributed by atoms with E-state index in [2.05, 4.69) is 11.6 Å². The second-order valence-electron chi connectivity index (χ2n) is 4.20. The van der Waals surface area contributed by atoms with Gasteiger partial charge in [0, 0.05) is 12.0 Å². The van der Waals surface area contributed by atoms with Gasteiger partial charge in [0.15, 0.2) is 11.6 Å². The Morgan fingerprint density at radius 1 is 1.29 bits per heavy atom. The molecule has 0 atom stereocenters. The molecule has 1 N–H and O–H groups in total. The van der Waals surface area contributed by atoms with Crippen LogP contribution in [0.15, 0.2) is 35.2 Å². The van der Waals surface area contributed by atoms with Crippen molar-refractivity contribution in [3.05, 3.63) is 53.6 Å². The summed E-state index contributed by atoms with van der Waals surface area (Å²) in [5.74, 6) is -4.19. The lowest BCUT2D eigenvalue weighted by Crippen LogP contribution is -2.10. The van der Waals surface area contributed by atoms with E-state index in [-0.39, 0.29) is 29.3 Å². The van der Waals surface area contributed by atoms with E-state index in [1.165, 1.54) is 0 Å². The van der Waals surface area contributed by atoms with E-state index in [1.54, 1.807) is 0 Å². The van der Waals surface area contributed by atoms with Gasteiger partial charge in [-0.25, -0.2) is 13.8 Å². The zero-order valence-electron chi connectivity index (χ0n) is 10.3. The Balaban J connectivity index is 2.47. The number of benzene rings is 1. The van der Waals surface area contributed by atoms with Crippen LogP contribution in [0.25, 0.3) is 11.5 Å². The second kappa shape index (κ2) is 5.19. The molecule has 0 saturated heterocycles. The van der Waals surface area contributed by atoms with Crippen LogP contribution >= 0.6 is 0 Å². The van der Waals surface area contributed by atoms with E-state index >= 15 is 0 Å². The van der Waals surface area contributed by atoms with Gasteiger partial charge in [-0.15, -0.1) is 0 Å². The number of alkyl halides is 3. The zero-order chi connectivity index (χ0) is 15.8. The van der Waals surface area contributed by atoms with Gasteiger partial charge in [-0.1, -0.05) is 6.58 Å². The Bertz CT molecular complexity index is 690. The van der Waals surface area contributed by atoms with Crippen LogP contribution in [0.2, 0.25) is 0 Å². The molecule has 0 aliphatic carbocycles. The van der Waals surface area contributed by atoms with Crippen LogP contribution in [0.3, 0.4) is 0 Å². The quantitative estimate of drug-likeness (QED) is 0.681. The molecule has 2 aromatic rings. The number of allylic oxidation sites excluding steroid dienone is 1. The number of oxazole rings is 1. The minimum absolute atomic E-state index is 0.0701. The van der Waals surface area contributed by atoms with Gasteiger partial charge in [0.25, 0.3) is 0 Å². The van der Waals surface area contributed by atoms with Gasteiger partial charge in [-0.2, -0.15) is 13.2 Å². The summed E-state index contributed by atoms with van der Waals surface area (Å²) in [6, 6.07) is 0.954. The normalized spacial score (nSPS) is 11.7. The van der Waals surface area contributed by atoms with Gasteiger partial charge < -0.3 is 9.52 Å². The summed E-state index contributed by atoms with van der Waals surface area (Å²) >= 11 is 0. The highest BCUT2D eigenvalue weighted by molar-refractivity contribution is 5.55. The maximum absolute atomic E-state index is 13.3. The van der Waals surface area contributed by atoms with Crippen LogP contribution in [0.1, 0.15) is 11.3 Å². The second-order valence-corrected chi connectivity index (χ2v) is 4.20. The average Bonchev–Trinajstić information content (AvgIpc) is 2.78. The zero-order valence-corrected chi connectivity index (χ0v) is 10.3. The molecule has 8 heteroatoms. The first kappa shape index (κ1) is 15.0. The Labute approximate surface area is 115 Å². The van der Waals surface area contributed by atoms with Gasteiger partial charge in [0.05, 0.1) is 17.0 Å². The summed E-state index contributed by atoms with van der Waals surface area (Å²) in [4.78, 5) is 3.77. The predicted molar refractivity (Wildman–Crippen MR) is 62.3 cm³/mol. The smallest absolute Gasteiger partial charge is 0.419 e. The maximum Gasteiger partial charge on any atom is 0.419 e. The van der Waals surface area contributed by atoms with Gasteiger partial charge in [-0.3, -0.25) is 0 Å². The van der Waals surface area contributed by atoms with Crippen molar-refractivity contribution in [2.24, 2.45) is 0 Å². The fourth-order valence-electron chi connectivity index (χ4n) is 1.65. The molecule has 0 spiro atoms. The highest BCUT2D eigenvalue weighted by Crippen LogP contribution is 2.35. The molecule has 2 rings (SSSR count). The molecule has 0 aliphatic heterocycles. The van der Waals surface area contributed by atoms with Crippen molar-refractivity contribution in [2.75, 3.05) is 0 Å². The maximum atomic E-state index is 13.3. The molecular formula is C13H8F5NO2. The fourth-order valence-corrected chi connectivity index (χ4v) is 1.65. The monoisotopic (exact) mass is 305 g/mol. The highest BCUT2D eigenvalue weighted by atomic mass is 19.4. The van der Waals surface area contributed by atoms with Gasteiger partial charge >= 0.3 is 6.18 Å². The van der Waals surface area contributed by atoms with Crippen molar-refractivity contribution < 1.29 is 31.5 Å². The third-order valence-electron chi connectivity index (χ3n) is 2.52. The van der Waals surface area contributed by atoms with Gasteiger partial charge in [0.2, 0.25) is 5.89 Å². The minimum atomic E-state index is -5.05. The summed E-state index contributed by atoms with van der Waals surface area (Å²) in [5, 5.41) is 8.98. The van der Waals surface area contributed by atoms with Gasteiger partial charge in [0.1, 0.15) is 6.26 Å². The molecule has 1 aromatic heterocycles. The number of aliphatic hydroxyl groups is 1.